The molecule has 1 heterocycles. The summed E-state index contributed by atoms with van der Waals surface area (Å²) in [5, 5.41) is 0. The highest BCUT2D eigenvalue weighted by Gasteiger charge is 2.10. The van der Waals surface area contributed by atoms with Crippen LogP contribution in [-0.2, 0) is 6.54 Å². The molecule has 0 aliphatic heterocycles. The van der Waals surface area contributed by atoms with Gasteiger partial charge in [0.25, 0.3) is 0 Å². The van der Waals surface area contributed by atoms with Gasteiger partial charge < -0.3 is 8.51 Å². The van der Waals surface area contributed by atoms with Crippen molar-refractivity contribution in [3.8, 4) is 0 Å². The number of allylic oxidation sites excluding steroid dienone is 4. The third-order valence-electron chi connectivity index (χ3n) is 2.92. The first kappa shape index (κ1) is 17.2. The standard InChI is InChI=1S/C15H19IN4O/c1-6-12(13(7-2)19-16)9-20-11(5)14(18-15(20)21)8-17-10(3)4/h6-8,19H,1-3,9H2,4-5H3,(H,18,21)/b13-12-,17-8?. The van der Waals surface area contributed by atoms with Crippen LogP contribution in [0, 0.1) is 6.92 Å². The minimum absolute atomic E-state index is 0.188. The third kappa shape index (κ3) is 4.32. The summed E-state index contributed by atoms with van der Waals surface area (Å²) in [4.78, 5) is 19.0. The van der Waals surface area contributed by atoms with Crippen LogP contribution in [0.5, 0.6) is 0 Å². The van der Waals surface area contributed by atoms with E-state index >= 15 is 0 Å². The lowest BCUT2D eigenvalue weighted by Gasteiger charge is -2.09. The van der Waals surface area contributed by atoms with Gasteiger partial charge in [0.2, 0.25) is 0 Å². The molecule has 112 valence electrons. The highest BCUT2D eigenvalue weighted by atomic mass is 127. The van der Waals surface area contributed by atoms with Gasteiger partial charge in [-0.15, -0.1) is 0 Å². The van der Waals surface area contributed by atoms with Crippen LogP contribution in [0.1, 0.15) is 18.3 Å². The van der Waals surface area contributed by atoms with Crippen LogP contribution in [0.3, 0.4) is 0 Å². The summed E-state index contributed by atoms with van der Waals surface area (Å²) in [6.45, 7) is 15.3. The molecule has 6 heteroatoms. The number of aromatic nitrogens is 2. The second-order valence-corrected chi connectivity index (χ2v) is 4.99. The maximum absolute atomic E-state index is 12.1. The van der Waals surface area contributed by atoms with E-state index in [-0.39, 0.29) is 5.69 Å². The first-order valence-electron chi connectivity index (χ1n) is 6.28. The Kier molecular flexibility index (Phi) is 6.41. The Bertz CT molecular complexity index is 676. The summed E-state index contributed by atoms with van der Waals surface area (Å²) in [7, 11) is 0. The van der Waals surface area contributed by atoms with Crippen molar-refractivity contribution in [1.29, 1.82) is 0 Å². The number of hydrogen-bond donors (Lipinski definition) is 2. The van der Waals surface area contributed by atoms with Gasteiger partial charge in [0.05, 0.1) is 41.3 Å². The molecule has 0 saturated heterocycles. The van der Waals surface area contributed by atoms with Crippen LogP contribution in [0.2, 0.25) is 0 Å². The molecule has 0 fully saturated rings. The summed E-state index contributed by atoms with van der Waals surface area (Å²) < 4.78 is 4.64. The van der Waals surface area contributed by atoms with Gasteiger partial charge in [-0.05, 0) is 25.5 Å². The van der Waals surface area contributed by atoms with E-state index < -0.39 is 0 Å². The van der Waals surface area contributed by atoms with Gasteiger partial charge in [0.1, 0.15) is 0 Å². The Balaban J connectivity index is 3.24. The largest absolute Gasteiger partial charge is 0.328 e. The number of aromatic amines is 1. The molecule has 0 bridgehead atoms. The highest BCUT2D eigenvalue weighted by molar-refractivity contribution is 14.1. The van der Waals surface area contributed by atoms with Gasteiger partial charge in [-0.25, -0.2) is 4.79 Å². The van der Waals surface area contributed by atoms with Gasteiger partial charge >= 0.3 is 5.69 Å². The predicted octanol–water partition coefficient (Wildman–Crippen LogP) is 3.00. The number of halogens is 1. The molecule has 0 atom stereocenters. The molecular weight excluding hydrogens is 379 g/mol. The number of nitrogens with one attached hydrogen (secondary N) is 2. The monoisotopic (exact) mass is 398 g/mol. The zero-order chi connectivity index (χ0) is 16.0. The minimum Gasteiger partial charge on any atom is -0.328 e. The maximum atomic E-state index is 12.1. The van der Waals surface area contributed by atoms with Gasteiger partial charge in [0.15, 0.2) is 0 Å². The number of rotatable bonds is 7. The fraction of sp³-hybridized carbons (Fsp3) is 0.200. The van der Waals surface area contributed by atoms with Crippen LogP contribution in [0.15, 0.2) is 58.6 Å². The molecule has 0 aromatic carbocycles. The number of aliphatic imine (C=N–C) groups is 1. The number of hydrogen-bond acceptors (Lipinski definition) is 3. The topological polar surface area (TPSA) is 62.2 Å². The molecule has 21 heavy (non-hydrogen) atoms. The molecule has 1 aromatic rings. The molecule has 0 amide bonds. The molecule has 1 aromatic heterocycles. The molecule has 5 nitrogen and oxygen atoms in total. The van der Waals surface area contributed by atoms with Crippen molar-refractivity contribution in [1.82, 2.24) is 13.1 Å². The normalized spacial score (nSPS) is 12.1. The summed E-state index contributed by atoms with van der Waals surface area (Å²) >= 11 is 2.02. The van der Waals surface area contributed by atoms with Gasteiger partial charge in [0, 0.05) is 17.1 Å². The molecule has 0 aliphatic rings. The summed E-state index contributed by atoms with van der Waals surface area (Å²) in [5.74, 6) is 0. The number of nitrogens with zero attached hydrogens (tertiary/aromatic N) is 2. The van der Waals surface area contributed by atoms with E-state index in [1.165, 1.54) is 0 Å². The summed E-state index contributed by atoms with van der Waals surface area (Å²) in [6.07, 6.45) is 5.01. The first-order valence-corrected chi connectivity index (χ1v) is 7.36. The number of imidazole rings is 1. The molecule has 1 rings (SSSR count). The van der Waals surface area contributed by atoms with Crippen LogP contribution < -0.4 is 9.22 Å². The van der Waals surface area contributed by atoms with Crippen molar-refractivity contribution in [3.05, 3.63) is 70.7 Å². The third-order valence-corrected chi connectivity index (χ3v) is 3.50. The molecule has 0 saturated carbocycles. The second-order valence-electron chi connectivity index (χ2n) is 4.45. The van der Waals surface area contributed by atoms with Crippen molar-refractivity contribution < 1.29 is 0 Å². The van der Waals surface area contributed by atoms with Gasteiger partial charge in [-0.1, -0.05) is 25.8 Å². The molecule has 0 aliphatic carbocycles. The van der Waals surface area contributed by atoms with Crippen LogP contribution >= 0.6 is 22.9 Å². The van der Waals surface area contributed by atoms with E-state index in [0.717, 1.165) is 17.0 Å². The van der Waals surface area contributed by atoms with Crippen molar-refractivity contribution in [2.45, 2.75) is 20.4 Å². The fourth-order valence-electron chi connectivity index (χ4n) is 1.72. The van der Waals surface area contributed by atoms with E-state index in [1.807, 2.05) is 29.8 Å². The van der Waals surface area contributed by atoms with E-state index in [1.54, 1.807) is 29.9 Å². The summed E-state index contributed by atoms with van der Waals surface area (Å²) in [5.41, 5.74) is 3.68. The Labute approximate surface area is 138 Å². The minimum atomic E-state index is -0.188. The SMILES string of the molecule is C=C/C(Cn1c(C)c(C=NC(=C)C)[nH]c1=O)=C(\C=C)NI. The van der Waals surface area contributed by atoms with Crippen molar-refractivity contribution in [2.75, 3.05) is 0 Å². The first-order chi connectivity index (χ1) is 9.94. The predicted molar refractivity (Wildman–Crippen MR) is 96.8 cm³/mol. The molecule has 0 radical (unpaired) electrons. The zero-order valence-corrected chi connectivity index (χ0v) is 14.4. The average Bonchev–Trinajstić information content (AvgIpc) is 2.72. The van der Waals surface area contributed by atoms with Crippen LogP contribution in [-0.4, -0.2) is 15.8 Å². The van der Waals surface area contributed by atoms with Gasteiger partial charge in [-0.3, -0.25) is 9.56 Å². The van der Waals surface area contributed by atoms with E-state index in [0.29, 0.717) is 17.9 Å². The smallest absolute Gasteiger partial charge is 0.326 e. The van der Waals surface area contributed by atoms with Crippen LogP contribution in [0.25, 0.3) is 0 Å². The Morgan fingerprint density at radius 2 is 2.14 bits per heavy atom. The highest BCUT2D eigenvalue weighted by Crippen LogP contribution is 2.11. The lowest BCUT2D eigenvalue weighted by Crippen LogP contribution is -2.20. The zero-order valence-electron chi connectivity index (χ0n) is 12.2. The average molecular weight is 398 g/mol. The molecular formula is C15H19IN4O. The Morgan fingerprint density at radius 1 is 1.48 bits per heavy atom. The van der Waals surface area contributed by atoms with E-state index in [2.05, 4.69) is 33.2 Å². The second kappa shape index (κ2) is 7.82. The number of H-pyrrole nitrogens is 1. The quantitative estimate of drug-likeness (QED) is 0.321. The summed E-state index contributed by atoms with van der Waals surface area (Å²) in [6, 6.07) is 0. The Hall–Kier alpha value is -1.83. The van der Waals surface area contributed by atoms with Crippen molar-refractivity contribution in [3.63, 3.8) is 0 Å². The maximum Gasteiger partial charge on any atom is 0.326 e. The molecule has 0 unspecified atom stereocenters. The Morgan fingerprint density at radius 3 is 2.62 bits per heavy atom. The lowest BCUT2D eigenvalue weighted by atomic mass is 10.2. The van der Waals surface area contributed by atoms with Crippen LogP contribution in [0.4, 0.5) is 0 Å². The van der Waals surface area contributed by atoms with Gasteiger partial charge in [-0.2, -0.15) is 0 Å². The van der Waals surface area contributed by atoms with E-state index in [4.69, 9.17) is 0 Å². The van der Waals surface area contributed by atoms with E-state index in [9.17, 15) is 4.79 Å². The molecule has 2 N–H and O–H groups in total. The van der Waals surface area contributed by atoms with Crippen molar-refractivity contribution in [2.24, 2.45) is 4.99 Å². The molecule has 0 spiro atoms. The van der Waals surface area contributed by atoms with Crippen molar-refractivity contribution >= 4 is 29.1 Å². The lowest BCUT2D eigenvalue weighted by molar-refractivity contribution is 0.732. The fourth-order valence-corrected chi connectivity index (χ4v) is 2.29.